The molecule has 0 aliphatic carbocycles. The van der Waals surface area contributed by atoms with Crippen LogP contribution < -0.4 is 0 Å². The van der Waals surface area contributed by atoms with Gasteiger partial charge in [-0.3, -0.25) is 9.88 Å². The Morgan fingerprint density at radius 2 is 2.00 bits per heavy atom. The molecule has 25 heavy (non-hydrogen) atoms. The molecule has 2 aromatic heterocycles. The third-order valence-electron chi connectivity index (χ3n) is 4.62. The molecule has 0 spiro atoms. The normalized spacial score (nSPS) is 18.4. The van der Waals surface area contributed by atoms with E-state index in [-0.39, 0.29) is 6.10 Å². The van der Waals surface area contributed by atoms with Gasteiger partial charge in [-0.2, -0.15) is 5.10 Å². The van der Waals surface area contributed by atoms with Crippen LogP contribution in [0.4, 0.5) is 0 Å². The number of piperidine rings is 1. The molecule has 1 saturated heterocycles. The highest BCUT2D eigenvalue weighted by Gasteiger charge is 2.21. The standard InChI is InChI=1S/C20H22N4O/c25-19-9-5-11-23(15-19)13-17-14-24(18-7-2-1-3-8-18)22-20(17)16-6-4-10-21-12-16/h1-4,6-8,10,12,14,19,25H,5,9,11,13,15H2. The van der Waals surface area contributed by atoms with Crippen LogP contribution in [0.1, 0.15) is 18.4 Å². The number of aliphatic hydroxyl groups excluding tert-OH is 1. The molecule has 0 bridgehead atoms. The van der Waals surface area contributed by atoms with Crippen molar-refractivity contribution in [2.75, 3.05) is 13.1 Å². The molecule has 4 rings (SSSR count). The lowest BCUT2D eigenvalue weighted by Gasteiger charge is -2.29. The minimum absolute atomic E-state index is 0.222. The molecule has 1 aliphatic heterocycles. The van der Waals surface area contributed by atoms with Crippen LogP contribution in [0.3, 0.4) is 0 Å². The van der Waals surface area contributed by atoms with Gasteiger partial charge in [0, 0.05) is 42.8 Å². The number of β-amino-alcohol motifs (C(OH)–C–C–N with tert-alkyl or cyclic N) is 1. The number of nitrogens with zero attached hydrogens (tertiary/aromatic N) is 4. The van der Waals surface area contributed by atoms with Crippen molar-refractivity contribution in [3.63, 3.8) is 0 Å². The molecule has 1 N–H and O–H groups in total. The molecule has 1 aromatic carbocycles. The van der Waals surface area contributed by atoms with Crippen molar-refractivity contribution < 1.29 is 5.11 Å². The summed E-state index contributed by atoms with van der Waals surface area (Å²) in [6.45, 7) is 2.52. The number of aliphatic hydroxyl groups is 1. The fraction of sp³-hybridized carbons (Fsp3) is 0.300. The Bertz CT molecular complexity index is 816. The van der Waals surface area contributed by atoms with Crippen molar-refractivity contribution in [1.82, 2.24) is 19.7 Å². The van der Waals surface area contributed by atoms with E-state index in [4.69, 9.17) is 5.10 Å². The number of aromatic nitrogens is 3. The third-order valence-corrected chi connectivity index (χ3v) is 4.62. The summed E-state index contributed by atoms with van der Waals surface area (Å²) in [5.74, 6) is 0. The van der Waals surface area contributed by atoms with Crippen molar-refractivity contribution in [2.45, 2.75) is 25.5 Å². The van der Waals surface area contributed by atoms with E-state index in [1.165, 1.54) is 0 Å². The molecule has 1 aliphatic rings. The van der Waals surface area contributed by atoms with Gasteiger partial charge in [-0.15, -0.1) is 0 Å². The highest BCUT2D eigenvalue weighted by atomic mass is 16.3. The van der Waals surface area contributed by atoms with E-state index >= 15 is 0 Å². The van der Waals surface area contributed by atoms with Crippen LogP contribution in [-0.4, -0.2) is 44.0 Å². The number of para-hydroxylation sites is 1. The van der Waals surface area contributed by atoms with E-state index in [9.17, 15) is 5.11 Å². The average Bonchev–Trinajstić information content (AvgIpc) is 3.07. The van der Waals surface area contributed by atoms with E-state index < -0.39 is 0 Å². The summed E-state index contributed by atoms with van der Waals surface area (Å²) in [7, 11) is 0. The number of pyridine rings is 1. The van der Waals surface area contributed by atoms with Crippen molar-refractivity contribution in [2.24, 2.45) is 0 Å². The van der Waals surface area contributed by atoms with Gasteiger partial charge >= 0.3 is 0 Å². The average molecular weight is 334 g/mol. The molecule has 0 amide bonds. The first-order valence-electron chi connectivity index (χ1n) is 8.74. The number of hydrogen-bond donors (Lipinski definition) is 1. The number of likely N-dealkylation sites (tertiary alicyclic amines) is 1. The molecule has 128 valence electrons. The smallest absolute Gasteiger partial charge is 0.0988 e. The largest absolute Gasteiger partial charge is 0.392 e. The Morgan fingerprint density at radius 3 is 2.76 bits per heavy atom. The molecule has 5 heteroatoms. The third kappa shape index (κ3) is 3.62. The van der Waals surface area contributed by atoms with Gasteiger partial charge in [0.1, 0.15) is 0 Å². The molecule has 3 aromatic rings. The zero-order chi connectivity index (χ0) is 17.1. The quantitative estimate of drug-likeness (QED) is 0.797. The Kier molecular flexibility index (Phi) is 4.59. The first kappa shape index (κ1) is 16.0. The van der Waals surface area contributed by atoms with Gasteiger partial charge in [-0.1, -0.05) is 18.2 Å². The summed E-state index contributed by atoms with van der Waals surface area (Å²) in [6, 6.07) is 14.1. The second kappa shape index (κ2) is 7.17. The van der Waals surface area contributed by atoms with Crippen LogP contribution in [0.15, 0.2) is 61.1 Å². The number of hydrogen-bond acceptors (Lipinski definition) is 4. The number of benzene rings is 1. The zero-order valence-electron chi connectivity index (χ0n) is 14.1. The van der Waals surface area contributed by atoms with Crippen LogP contribution in [0.5, 0.6) is 0 Å². The van der Waals surface area contributed by atoms with Crippen LogP contribution in [0.2, 0.25) is 0 Å². The van der Waals surface area contributed by atoms with Crippen molar-refractivity contribution in [3.8, 4) is 16.9 Å². The lowest BCUT2D eigenvalue weighted by molar-refractivity contribution is 0.0669. The summed E-state index contributed by atoms with van der Waals surface area (Å²) >= 11 is 0. The van der Waals surface area contributed by atoms with Crippen molar-refractivity contribution in [1.29, 1.82) is 0 Å². The Labute approximate surface area is 147 Å². The van der Waals surface area contributed by atoms with Gasteiger partial charge in [0.15, 0.2) is 0 Å². The zero-order valence-corrected chi connectivity index (χ0v) is 14.1. The van der Waals surface area contributed by atoms with Gasteiger partial charge in [-0.05, 0) is 43.7 Å². The van der Waals surface area contributed by atoms with Crippen LogP contribution in [-0.2, 0) is 6.54 Å². The van der Waals surface area contributed by atoms with E-state index in [2.05, 4.69) is 28.2 Å². The topological polar surface area (TPSA) is 54.2 Å². The van der Waals surface area contributed by atoms with E-state index in [1.807, 2.05) is 41.2 Å². The maximum Gasteiger partial charge on any atom is 0.0988 e. The fourth-order valence-electron chi connectivity index (χ4n) is 3.40. The molecular formula is C20H22N4O. The summed E-state index contributed by atoms with van der Waals surface area (Å²) in [5, 5.41) is 14.8. The molecular weight excluding hydrogens is 312 g/mol. The van der Waals surface area contributed by atoms with Crippen LogP contribution in [0, 0.1) is 0 Å². The molecule has 1 atom stereocenters. The monoisotopic (exact) mass is 334 g/mol. The van der Waals surface area contributed by atoms with Crippen molar-refractivity contribution in [3.05, 3.63) is 66.6 Å². The maximum absolute atomic E-state index is 9.95. The summed E-state index contributed by atoms with van der Waals surface area (Å²) < 4.78 is 1.93. The second-order valence-electron chi connectivity index (χ2n) is 6.56. The Morgan fingerprint density at radius 1 is 1.12 bits per heavy atom. The second-order valence-corrected chi connectivity index (χ2v) is 6.56. The molecule has 0 saturated carbocycles. The lowest BCUT2D eigenvalue weighted by Crippen LogP contribution is -2.37. The predicted molar refractivity (Wildman–Crippen MR) is 97.3 cm³/mol. The maximum atomic E-state index is 9.95. The Balaban J connectivity index is 1.69. The molecule has 1 unspecified atom stereocenters. The first-order chi connectivity index (χ1) is 12.3. The van der Waals surface area contributed by atoms with Gasteiger partial charge in [0.25, 0.3) is 0 Å². The SMILES string of the molecule is OC1CCCN(Cc2cn(-c3ccccc3)nc2-c2cccnc2)C1. The van der Waals surface area contributed by atoms with E-state index in [1.54, 1.807) is 6.20 Å². The minimum Gasteiger partial charge on any atom is -0.392 e. The Hall–Kier alpha value is -2.50. The van der Waals surface area contributed by atoms with Gasteiger partial charge in [-0.25, -0.2) is 4.68 Å². The van der Waals surface area contributed by atoms with Gasteiger partial charge in [0.05, 0.1) is 17.5 Å². The summed E-state index contributed by atoms with van der Waals surface area (Å²) in [5.41, 5.74) is 4.17. The van der Waals surface area contributed by atoms with E-state index in [0.717, 1.165) is 55.0 Å². The molecule has 5 nitrogen and oxygen atoms in total. The van der Waals surface area contributed by atoms with Crippen LogP contribution >= 0.6 is 0 Å². The fourth-order valence-corrected chi connectivity index (χ4v) is 3.40. The number of rotatable bonds is 4. The highest BCUT2D eigenvalue weighted by molar-refractivity contribution is 5.62. The van der Waals surface area contributed by atoms with Gasteiger partial charge in [0.2, 0.25) is 0 Å². The summed E-state index contributed by atoms with van der Waals surface area (Å²) in [6.07, 6.45) is 7.44. The highest BCUT2D eigenvalue weighted by Crippen LogP contribution is 2.25. The molecule has 3 heterocycles. The first-order valence-corrected chi connectivity index (χ1v) is 8.74. The van der Waals surface area contributed by atoms with Crippen molar-refractivity contribution >= 4 is 0 Å². The minimum atomic E-state index is -0.222. The molecule has 1 fully saturated rings. The van der Waals surface area contributed by atoms with E-state index in [0.29, 0.717) is 0 Å². The molecule has 0 radical (unpaired) electrons. The van der Waals surface area contributed by atoms with Crippen LogP contribution in [0.25, 0.3) is 16.9 Å². The van der Waals surface area contributed by atoms with Gasteiger partial charge < -0.3 is 5.11 Å². The lowest BCUT2D eigenvalue weighted by atomic mass is 10.1. The summed E-state index contributed by atoms with van der Waals surface area (Å²) in [4.78, 5) is 6.55. The predicted octanol–water partition coefficient (Wildman–Crippen LogP) is 2.89.